The standard InChI is InChI=1S/C13H22BrN3/c1-4-17(9-10(2)3)13(6-15)11-5-12(14)8-16-7-11/h5,7-8,10,13H,4,6,9,15H2,1-3H3. The number of hydrogen-bond acceptors (Lipinski definition) is 3. The molecule has 1 atom stereocenters. The van der Waals surface area contributed by atoms with Crippen LogP contribution in [0.5, 0.6) is 0 Å². The number of nitrogens with zero attached hydrogens (tertiary/aromatic N) is 2. The van der Waals surface area contributed by atoms with Gasteiger partial charge in [0.25, 0.3) is 0 Å². The molecule has 0 saturated heterocycles. The number of halogens is 1. The van der Waals surface area contributed by atoms with Crippen LogP contribution in [-0.4, -0.2) is 29.5 Å². The predicted molar refractivity (Wildman–Crippen MR) is 75.8 cm³/mol. The third-order valence-corrected chi connectivity index (χ3v) is 3.21. The first-order valence-corrected chi connectivity index (χ1v) is 6.92. The van der Waals surface area contributed by atoms with Crippen LogP contribution in [0, 0.1) is 5.92 Å². The SMILES string of the molecule is CCN(CC(C)C)C(CN)c1cncc(Br)c1. The van der Waals surface area contributed by atoms with Crippen molar-refractivity contribution in [3.63, 3.8) is 0 Å². The lowest BCUT2D eigenvalue weighted by molar-refractivity contribution is 0.189. The molecule has 0 aromatic carbocycles. The lowest BCUT2D eigenvalue weighted by atomic mass is 10.1. The zero-order valence-electron chi connectivity index (χ0n) is 10.9. The lowest BCUT2D eigenvalue weighted by Crippen LogP contribution is -2.36. The summed E-state index contributed by atoms with van der Waals surface area (Å²) in [5, 5.41) is 0. The summed E-state index contributed by atoms with van der Waals surface area (Å²) in [6.45, 7) is 9.33. The Morgan fingerprint density at radius 2 is 2.12 bits per heavy atom. The summed E-state index contributed by atoms with van der Waals surface area (Å²) >= 11 is 3.46. The molecular formula is C13H22BrN3. The van der Waals surface area contributed by atoms with Crippen LogP contribution in [0.1, 0.15) is 32.4 Å². The molecule has 0 bridgehead atoms. The molecule has 1 aromatic rings. The van der Waals surface area contributed by atoms with Crippen LogP contribution < -0.4 is 5.73 Å². The van der Waals surface area contributed by atoms with Crippen molar-refractivity contribution in [1.82, 2.24) is 9.88 Å². The molecular weight excluding hydrogens is 278 g/mol. The Balaban J connectivity index is 2.88. The second-order valence-electron chi connectivity index (χ2n) is 4.67. The molecule has 17 heavy (non-hydrogen) atoms. The average molecular weight is 300 g/mol. The van der Waals surface area contributed by atoms with E-state index < -0.39 is 0 Å². The van der Waals surface area contributed by atoms with Crippen molar-refractivity contribution in [2.75, 3.05) is 19.6 Å². The molecule has 2 N–H and O–H groups in total. The van der Waals surface area contributed by atoms with E-state index in [0.717, 1.165) is 17.6 Å². The molecule has 3 nitrogen and oxygen atoms in total. The van der Waals surface area contributed by atoms with Gasteiger partial charge in [-0.1, -0.05) is 20.8 Å². The molecule has 1 heterocycles. The lowest BCUT2D eigenvalue weighted by Gasteiger charge is -2.31. The van der Waals surface area contributed by atoms with Crippen LogP contribution in [0.2, 0.25) is 0 Å². The van der Waals surface area contributed by atoms with E-state index in [-0.39, 0.29) is 6.04 Å². The fourth-order valence-corrected chi connectivity index (χ4v) is 2.43. The van der Waals surface area contributed by atoms with Crippen molar-refractivity contribution in [3.05, 3.63) is 28.5 Å². The zero-order valence-corrected chi connectivity index (χ0v) is 12.4. The van der Waals surface area contributed by atoms with E-state index >= 15 is 0 Å². The van der Waals surface area contributed by atoms with Crippen molar-refractivity contribution < 1.29 is 0 Å². The normalized spacial score (nSPS) is 13.4. The maximum atomic E-state index is 5.92. The average Bonchev–Trinajstić information content (AvgIpc) is 2.28. The number of nitrogens with two attached hydrogens (primary N) is 1. The Labute approximate surface area is 113 Å². The van der Waals surface area contributed by atoms with Crippen LogP contribution in [0.4, 0.5) is 0 Å². The zero-order chi connectivity index (χ0) is 12.8. The van der Waals surface area contributed by atoms with Crippen molar-refractivity contribution in [3.8, 4) is 0 Å². The van der Waals surface area contributed by atoms with Crippen molar-refractivity contribution >= 4 is 15.9 Å². The fourth-order valence-electron chi connectivity index (χ4n) is 2.05. The number of aromatic nitrogens is 1. The molecule has 1 unspecified atom stereocenters. The summed E-state index contributed by atoms with van der Waals surface area (Å²) in [6, 6.07) is 2.36. The quantitative estimate of drug-likeness (QED) is 0.878. The largest absolute Gasteiger partial charge is 0.329 e. The number of rotatable bonds is 6. The highest BCUT2D eigenvalue weighted by molar-refractivity contribution is 9.10. The van der Waals surface area contributed by atoms with E-state index in [9.17, 15) is 0 Å². The highest BCUT2D eigenvalue weighted by atomic mass is 79.9. The minimum absolute atomic E-state index is 0.257. The topological polar surface area (TPSA) is 42.1 Å². The number of pyridine rings is 1. The molecule has 0 fully saturated rings. The van der Waals surface area contributed by atoms with Gasteiger partial charge in [0.05, 0.1) is 0 Å². The molecule has 1 rings (SSSR count). The highest BCUT2D eigenvalue weighted by Gasteiger charge is 2.18. The molecule has 0 aliphatic rings. The van der Waals surface area contributed by atoms with Gasteiger partial charge in [-0.3, -0.25) is 9.88 Å². The van der Waals surface area contributed by atoms with Crippen molar-refractivity contribution in [2.45, 2.75) is 26.8 Å². The Morgan fingerprint density at radius 3 is 2.59 bits per heavy atom. The molecule has 0 saturated carbocycles. The van der Waals surface area contributed by atoms with Crippen molar-refractivity contribution in [1.29, 1.82) is 0 Å². The molecule has 1 aromatic heterocycles. The van der Waals surface area contributed by atoms with Crippen LogP contribution in [0.3, 0.4) is 0 Å². The minimum atomic E-state index is 0.257. The van der Waals surface area contributed by atoms with Gasteiger partial charge in [-0.15, -0.1) is 0 Å². The van der Waals surface area contributed by atoms with Gasteiger partial charge < -0.3 is 5.73 Å². The molecule has 0 aliphatic heterocycles. The molecule has 0 aliphatic carbocycles. The Kier molecular flexibility index (Phi) is 6.09. The maximum Gasteiger partial charge on any atom is 0.0486 e. The van der Waals surface area contributed by atoms with E-state index in [4.69, 9.17) is 5.73 Å². The summed E-state index contributed by atoms with van der Waals surface area (Å²) in [6.07, 6.45) is 3.71. The van der Waals surface area contributed by atoms with E-state index in [2.05, 4.69) is 52.7 Å². The first-order valence-electron chi connectivity index (χ1n) is 6.13. The van der Waals surface area contributed by atoms with E-state index in [1.165, 1.54) is 5.56 Å². The van der Waals surface area contributed by atoms with Crippen LogP contribution in [0.25, 0.3) is 0 Å². The minimum Gasteiger partial charge on any atom is -0.329 e. The maximum absolute atomic E-state index is 5.92. The van der Waals surface area contributed by atoms with E-state index in [0.29, 0.717) is 12.5 Å². The number of hydrogen-bond donors (Lipinski definition) is 1. The highest BCUT2D eigenvalue weighted by Crippen LogP contribution is 2.22. The predicted octanol–water partition coefficient (Wildman–Crippen LogP) is 2.82. The van der Waals surface area contributed by atoms with Gasteiger partial charge in [0.1, 0.15) is 0 Å². The summed E-state index contributed by atoms with van der Waals surface area (Å²) in [7, 11) is 0. The summed E-state index contributed by atoms with van der Waals surface area (Å²) in [4.78, 5) is 6.63. The van der Waals surface area contributed by atoms with Crippen molar-refractivity contribution in [2.24, 2.45) is 11.7 Å². The van der Waals surface area contributed by atoms with Gasteiger partial charge in [-0.05, 0) is 40.0 Å². The molecule has 96 valence electrons. The summed E-state index contributed by atoms with van der Waals surface area (Å²) in [5.41, 5.74) is 7.11. The van der Waals surface area contributed by atoms with Gasteiger partial charge in [0.2, 0.25) is 0 Å². The Morgan fingerprint density at radius 1 is 1.41 bits per heavy atom. The van der Waals surface area contributed by atoms with Gasteiger partial charge in [-0.25, -0.2) is 0 Å². The van der Waals surface area contributed by atoms with Crippen LogP contribution in [-0.2, 0) is 0 Å². The van der Waals surface area contributed by atoms with Gasteiger partial charge in [0, 0.05) is 36.0 Å². The first kappa shape index (κ1) is 14.6. The van der Waals surface area contributed by atoms with Crippen LogP contribution in [0.15, 0.2) is 22.9 Å². The molecule has 4 heteroatoms. The second kappa shape index (κ2) is 7.09. The monoisotopic (exact) mass is 299 g/mol. The van der Waals surface area contributed by atoms with Crippen LogP contribution >= 0.6 is 15.9 Å². The summed E-state index contributed by atoms with van der Waals surface area (Å²) < 4.78 is 1.01. The third kappa shape index (κ3) is 4.37. The van der Waals surface area contributed by atoms with E-state index in [1.807, 2.05) is 6.20 Å². The molecule has 0 amide bonds. The Hall–Kier alpha value is -0.450. The fraction of sp³-hybridized carbons (Fsp3) is 0.615. The number of likely N-dealkylation sites (N-methyl/N-ethyl adjacent to an activating group) is 1. The van der Waals surface area contributed by atoms with Gasteiger partial charge in [-0.2, -0.15) is 0 Å². The van der Waals surface area contributed by atoms with Gasteiger partial charge >= 0.3 is 0 Å². The summed E-state index contributed by atoms with van der Waals surface area (Å²) in [5.74, 6) is 0.643. The van der Waals surface area contributed by atoms with Gasteiger partial charge in [0.15, 0.2) is 0 Å². The molecule has 0 spiro atoms. The second-order valence-corrected chi connectivity index (χ2v) is 5.59. The first-order chi connectivity index (χ1) is 8.08. The Bertz CT molecular complexity index is 341. The smallest absolute Gasteiger partial charge is 0.0486 e. The van der Waals surface area contributed by atoms with E-state index in [1.54, 1.807) is 6.20 Å². The third-order valence-electron chi connectivity index (χ3n) is 2.78. The molecule has 0 radical (unpaired) electrons.